The number of aryl methyl sites for hydroxylation is 1. The number of aliphatic imine (C=N–C) groups is 1. The summed E-state index contributed by atoms with van der Waals surface area (Å²) in [6.45, 7) is 7.78. The van der Waals surface area contributed by atoms with Gasteiger partial charge in [0.15, 0.2) is 5.88 Å². The number of aromatic nitrogens is 3. The maximum atomic E-state index is 13.8. The van der Waals surface area contributed by atoms with Gasteiger partial charge in [0.1, 0.15) is 11.6 Å². The first-order valence-electron chi connectivity index (χ1n) is 16.5. The Morgan fingerprint density at radius 3 is 2.71 bits per heavy atom. The molecule has 0 bridgehead atoms. The molecular weight excluding hydrogens is 566 g/mol. The molecule has 10 heteroatoms. The highest BCUT2D eigenvalue weighted by Crippen LogP contribution is 2.54. The Hall–Kier alpha value is -3.63. The molecule has 3 aliphatic carbocycles. The van der Waals surface area contributed by atoms with Gasteiger partial charge in [0.05, 0.1) is 32.1 Å². The largest absolute Gasteiger partial charge is 0.482 e. The number of rotatable bonds is 9. The van der Waals surface area contributed by atoms with Gasteiger partial charge in [-0.2, -0.15) is 0 Å². The number of allylic oxidation sites excluding steroid dienone is 2. The van der Waals surface area contributed by atoms with E-state index in [1.807, 2.05) is 12.4 Å². The van der Waals surface area contributed by atoms with Crippen molar-refractivity contribution in [2.45, 2.75) is 70.3 Å². The van der Waals surface area contributed by atoms with Gasteiger partial charge in [-0.05, 0) is 87.6 Å². The molecule has 4 fully saturated rings. The zero-order chi connectivity index (χ0) is 31.3. The lowest BCUT2D eigenvalue weighted by Gasteiger charge is -2.48. The molecule has 7 rings (SSSR count). The van der Waals surface area contributed by atoms with E-state index in [0.29, 0.717) is 29.0 Å². The third kappa shape index (κ3) is 5.35. The van der Waals surface area contributed by atoms with E-state index in [2.05, 4.69) is 41.2 Å². The fourth-order valence-electron chi connectivity index (χ4n) is 7.91. The molecule has 2 aliphatic heterocycles. The number of nitrogens with one attached hydrogen (secondary N) is 1. The van der Waals surface area contributed by atoms with Crippen LogP contribution in [0.25, 0.3) is 5.57 Å². The van der Waals surface area contributed by atoms with Crippen LogP contribution < -0.4 is 11.1 Å². The smallest absolute Gasteiger partial charge is 0.242 e. The summed E-state index contributed by atoms with van der Waals surface area (Å²) in [6.07, 6.45) is 14.0. The maximum absolute atomic E-state index is 13.8. The van der Waals surface area contributed by atoms with E-state index in [0.717, 1.165) is 104 Å². The van der Waals surface area contributed by atoms with Crippen LogP contribution in [0.4, 0.5) is 5.82 Å². The van der Waals surface area contributed by atoms with Crippen LogP contribution in [0.2, 0.25) is 0 Å². The summed E-state index contributed by atoms with van der Waals surface area (Å²) in [5.74, 6) is 3.05. The lowest BCUT2D eigenvalue weighted by molar-refractivity contribution is -0.146. The average Bonchev–Trinajstić information content (AvgIpc) is 3.81. The molecule has 1 amide bonds. The Bertz CT molecular complexity index is 1570. The fourth-order valence-corrected chi connectivity index (χ4v) is 7.91. The Morgan fingerprint density at radius 2 is 2.07 bits per heavy atom. The second-order valence-electron chi connectivity index (χ2n) is 13.6. The number of fused-ring (bicyclic) bond motifs is 3. The molecule has 0 aromatic carbocycles. The number of nitrogens with zero attached hydrogens (tertiary/aromatic N) is 5. The fraction of sp³-hybridized carbons (Fsp3) is 0.571. The normalized spacial score (nSPS) is 27.8. The van der Waals surface area contributed by atoms with Crippen LogP contribution in [0.5, 0.6) is 0 Å². The molecule has 45 heavy (non-hydrogen) atoms. The van der Waals surface area contributed by atoms with Gasteiger partial charge in [-0.15, -0.1) is 0 Å². The van der Waals surface area contributed by atoms with E-state index in [4.69, 9.17) is 30.2 Å². The van der Waals surface area contributed by atoms with E-state index >= 15 is 0 Å². The lowest BCUT2D eigenvalue weighted by Crippen LogP contribution is -2.55. The summed E-state index contributed by atoms with van der Waals surface area (Å²) in [5.41, 5.74) is 12.7. The minimum Gasteiger partial charge on any atom is -0.482 e. The van der Waals surface area contributed by atoms with Crippen molar-refractivity contribution in [2.75, 3.05) is 45.8 Å². The molecule has 1 spiro atoms. The van der Waals surface area contributed by atoms with Crippen molar-refractivity contribution in [2.24, 2.45) is 28.0 Å². The van der Waals surface area contributed by atoms with E-state index in [1.54, 1.807) is 20.4 Å². The second kappa shape index (κ2) is 11.9. The third-order valence-electron chi connectivity index (χ3n) is 10.9. The summed E-state index contributed by atoms with van der Waals surface area (Å²) in [7, 11) is 3.32. The maximum Gasteiger partial charge on any atom is 0.242 e. The quantitative estimate of drug-likeness (QED) is 0.312. The number of piperidine rings is 1. The number of amides is 1. The number of anilines is 1. The van der Waals surface area contributed by atoms with Gasteiger partial charge in [0.2, 0.25) is 5.91 Å². The topological polar surface area (TPSA) is 128 Å². The van der Waals surface area contributed by atoms with Crippen molar-refractivity contribution in [1.29, 1.82) is 0 Å². The van der Waals surface area contributed by atoms with Crippen molar-refractivity contribution >= 4 is 23.5 Å². The van der Waals surface area contributed by atoms with Crippen molar-refractivity contribution in [3.63, 3.8) is 0 Å². The molecule has 2 saturated carbocycles. The number of likely N-dealkylation sites (tertiary alicyclic amines) is 1. The molecule has 5 aliphatic rings. The van der Waals surface area contributed by atoms with Crippen molar-refractivity contribution in [1.82, 2.24) is 19.9 Å². The molecule has 10 nitrogen and oxygen atoms in total. The molecular formula is C35H45N7O3. The van der Waals surface area contributed by atoms with Gasteiger partial charge in [-0.1, -0.05) is 13.0 Å². The highest BCUT2D eigenvalue weighted by Gasteiger charge is 2.46. The molecule has 2 saturated heterocycles. The molecule has 5 unspecified atom stereocenters. The molecule has 2 aromatic rings. The van der Waals surface area contributed by atoms with Crippen LogP contribution in [0.1, 0.15) is 85.5 Å². The van der Waals surface area contributed by atoms with Crippen molar-refractivity contribution < 1.29 is 14.3 Å². The minimum atomic E-state index is -0.168. The van der Waals surface area contributed by atoms with Crippen LogP contribution in [0, 0.1) is 24.2 Å². The summed E-state index contributed by atoms with van der Waals surface area (Å²) >= 11 is 0. The zero-order valence-corrected chi connectivity index (χ0v) is 26.9. The van der Waals surface area contributed by atoms with Crippen LogP contribution in [0.15, 0.2) is 41.0 Å². The van der Waals surface area contributed by atoms with Gasteiger partial charge in [-0.3, -0.25) is 14.7 Å². The van der Waals surface area contributed by atoms with Crippen molar-refractivity contribution in [3.05, 3.63) is 64.2 Å². The molecule has 2 aromatic heterocycles. The van der Waals surface area contributed by atoms with E-state index in [1.165, 1.54) is 0 Å². The predicted octanol–water partition coefficient (Wildman–Crippen LogP) is 4.57. The second-order valence-corrected chi connectivity index (χ2v) is 13.6. The van der Waals surface area contributed by atoms with Gasteiger partial charge >= 0.3 is 0 Å². The molecule has 4 heterocycles. The van der Waals surface area contributed by atoms with Crippen molar-refractivity contribution in [3.8, 4) is 0 Å². The zero-order valence-electron chi connectivity index (χ0n) is 26.9. The first-order valence-corrected chi connectivity index (χ1v) is 16.5. The Kier molecular flexibility index (Phi) is 7.98. The number of methoxy groups -OCH3 is 1. The van der Waals surface area contributed by atoms with Crippen LogP contribution in [0.3, 0.4) is 0 Å². The van der Waals surface area contributed by atoms with Crippen LogP contribution in [-0.2, 0) is 14.3 Å². The predicted molar refractivity (Wildman–Crippen MR) is 174 cm³/mol. The summed E-state index contributed by atoms with van der Waals surface area (Å²) < 4.78 is 10.9. The highest BCUT2D eigenvalue weighted by atomic mass is 16.5. The third-order valence-corrected chi connectivity index (χ3v) is 10.9. The first-order chi connectivity index (χ1) is 21.9. The number of hydrogen-bond donors (Lipinski definition) is 2. The summed E-state index contributed by atoms with van der Waals surface area (Å²) in [6, 6.07) is 1.92. The number of nitrogens with two attached hydrogens (primary N) is 1. The number of hydrogen-bond acceptors (Lipinski definition) is 9. The molecule has 5 atom stereocenters. The SMILES string of the molecule is CCC(C(=O)Nc1nccc2c1C1CCC1C=C2c1nc(C2CC2C(C=NC)=C(N)OC)ncc1C)N1CCC2(CC1)COC2. The Morgan fingerprint density at radius 1 is 1.27 bits per heavy atom. The van der Waals surface area contributed by atoms with Crippen LogP contribution >= 0.6 is 0 Å². The van der Waals surface area contributed by atoms with Gasteiger partial charge in [-0.25, -0.2) is 15.0 Å². The lowest BCUT2D eigenvalue weighted by atomic mass is 9.64. The first kappa shape index (κ1) is 30.0. The van der Waals surface area contributed by atoms with E-state index < -0.39 is 0 Å². The van der Waals surface area contributed by atoms with Gasteiger partial charge in [0.25, 0.3) is 0 Å². The molecule has 0 radical (unpaired) electrons. The monoisotopic (exact) mass is 611 g/mol. The van der Waals surface area contributed by atoms with E-state index in [-0.39, 0.29) is 23.8 Å². The highest BCUT2D eigenvalue weighted by molar-refractivity contribution is 5.96. The average molecular weight is 612 g/mol. The molecule has 3 N–H and O–H groups in total. The van der Waals surface area contributed by atoms with Gasteiger partial charge in [0, 0.05) is 59.6 Å². The van der Waals surface area contributed by atoms with E-state index in [9.17, 15) is 4.79 Å². The summed E-state index contributed by atoms with van der Waals surface area (Å²) in [4.78, 5) is 35.1. The Labute approximate surface area is 265 Å². The minimum absolute atomic E-state index is 0.0428. The number of carbonyl (C=O) groups excluding carboxylic acids is 1. The molecule has 238 valence electrons. The number of pyridine rings is 1. The number of carbonyl (C=O) groups is 1. The van der Waals surface area contributed by atoms with Gasteiger partial charge < -0.3 is 20.5 Å². The standard InChI is InChI=1S/C35H45N7O3/c1-5-28(42-12-9-35(10-13-42)18-45-19-35)34(43)41-33-29-22-7-6-21(22)14-25(23(29)8-11-38-33)30-20(2)16-39-32(40-30)26-15-24(26)27(17-37-3)31(36)44-4/h8,11,14,16-17,21-22,24,26,28H,5-7,9-10,12-13,15,18-19,36H2,1-4H3,(H,38,41,43). The Balaban J connectivity index is 1.15. The number of ether oxygens (including phenoxy) is 2. The van der Waals surface area contributed by atoms with Crippen LogP contribution in [-0.4, -0.2) is 78.5 Å². The summed E-state index contributed by atoms with van der Waals surface area (Å²) in [5, 5.41) is 3.31.